The van der Waals surface area contributed by atoms with Gasteiger partial charge in [0.05, 0.1) is 5.54 Å². The Bertz CT molecular complexity index is 589. The zero-order valence-electron chi connectivity index (χ0n) is 10.8. The van der Waals surface area contributed by atoms with Gasteiger partial charge in [0.15, 0.2) is 17.6 Å². The molecule has 1 unspecified atom stereocenters. The average Bonchev–Trinajstić information content (AvgIpc) is 2.87. The van der Waals surface area contributed by atoms with Crippen LogP contribution in [0.3, 0.4) is 0 Å². The fourth-order valence-corrected chi connectivity index (χ4v) is 1.77. The van der Waals surface area contributed by atoms with E-state index in [0.29, 0.717) is 24.1 Å². The number of nitrogens with two attached hydrogens (primary N) is 1. The second-order valence-corrected chi connectivity index (χ2v) is 5.04. The molecule has 3 rings (SSSR count). The molecule has 0 saturated heterocycles. The molecule has 0 fully saturated rings. The summed E-state index contributed by atoms with van der Waals surface area (Å²) >= 11 is 0. The van der Waals surface area contributed by atoms with Crippen LogP contribution in [0.25, 0.3) is 0 Å². The number of para-hydroxylation sites is 2. The van der Waals surface area contributed by atoms with Crippen molar-refractivity contribution in [2.45, 2.75) is 25.5 Å². The second kappa shape index (κ2) is 4.24. The zero-order chi connectivity index (χ0) is 13.5. The van der Waals surface area contributed by atoms with Crippen LogP contribution in [0.2, 0.25) is 0 Å². The summed E-state index contributed by atoms with van der Waals surface area (Å²) in [5, 5.41) is 3.91. The Morgan fingerprint density at radius 1 is 1.26 bits per heavy atom. The normalized spacial score (nSPS) is 18.4. The Balaban J connectivity index is 1.83. The Morgan fingerprint density at radius 2 is 2.00 bits per heavy atom. The van der Waals surface area contributed by atoms with Gasteiger partial charge in [0.1, 0.15) is 6.61 Å². The minimum Gasteiger partial charge on any atom is -0.485 e. The number of rotatable bonds is 2. The van der Waals surface area contributed by atoms with E-state index in [2.05, 4.69) is 10.1 Å². The van der Waals surface area contributed by atoms with Crippen molar-refractivity contribution in [1.29, 1.82) is 0 Å². The van der Waals surface area contributed by atoms with Crippen molar-refractivity contribution >= 4 is 0 Å². The van der Waals surface area contributed by atoms with E-state index in [4.69, 9.17) is 19.7 Å². The Hall–Kier alpha value is -2.08. The van der Waals surface area contributed by atoms with Crippen LogP contribution in [-0.4, -0.2) is 16.7 Å². The minimum absolute atomic E-state index is 0.348. The van der Waals surface area contributed by atoms with Crippen LogP contribution in [0, 0.1) is 0 Å². The Kier molecular flexibility index (Phi) is 2.67. The molecule has 2 aromatic rings. The number of hydrogen-bond donors (Lipinski definition) is 1. The van der Waals surface area contributed by atoms with E-state index in [1.165, 1.54) is 0 Å². The van der Waals surface area contributed by atoms with Gasteiger partial charge >= 0.3 is 0 Å². The first-order chi connectivity index (χ1) is 9.04. The highest BCUT2D eigenvalue weighted by molar-refractivity contribution is 5.40. The lowest BCUT2D eigenvalue weighted by atomic mass is 10.1. The third-order valence-electron chi connectivity index (χ3n) is 2.79. The Morgan fingerprint density at radius 3 is 2.68 bits per heavy atom. The van der Waals surface area contributed by atoms with Crippen molar-refractivity contribution in [2.75, 3.05) is 6.61 Å². The molecule has 6 heteroatoms. The van der Waals surface area contributed by atoms with Gasteiger partial charge in [0.2, 0.25) is 11.7 Å². The third-order valence-corrected chi connectivity index (χ3v) is 2.79. The Labute approximate surface area is 110 Å². The van der Waals surface area contributed by atoms with Gasteiger partial charge in [0, 0.05) is 0 Å². The maximum absolute atomic E-state index is 5.91. The van der Waals surface area contributed by atoms with Gasteiger partial charge in [-0.1, -0.05) is 17.3 Å². The second-order valence-electron chi connectivity index (χ2n) is 5.04. The summed E-state index contributed by atoms with van der Waals surface area (Å²) in [5.74, 6) is 2.23. The molecule has 0 aliphatic carbocycles. The summed E-state index contributed by atoms with van der Waals surface area (Å²) in [6, 6.07) is 7.48. The summed E-state index contributed by atoms with van der Waals surface area (Å²) < 4.78 is 16.5. The van der Waals surface area contributed by atoms with Crippen LogP contribution in [0.4, 0.5) is 0 Å². The predicted molar refractivity (Wildman–Crippen MR) is 66.8 cm³/mol. The lowest BCUT2D eigenvalue weighted by molar-refractivity contribution is 0.0832. The van der Waals surface area contributed by atoms with Gasteiger partial charge in [-0.15, -0.1) is 0 Å². The topological polar surface area (TPSA) is 83.4 Å². The molecule has 0 bridgehead atoms. The first kappa shape index (κ1) is 12.0. The predicted octanol–water partition coefficient (Wildman–Crippen LogP) is 1.78. The van der Waals surface area contributed by atoms with Gasteiger partial charge in [-0.25, -0.2) is 0 Å². The number of nitrogens with zero attached hydrogens (tertiary/aromatic N) is 2. The first-order valence-corrected chi connectivity index (χ1v) is 6.05. The van der Waals surface area contributed by atoms with Crippen LogP contribution in [0.5, 0.6) is 11.5 Å². The maximum atomic E-state index is 5.91. The van der Waals surface area contributed by atoms with E-state index >= 15 is 0 Å². The van der Waals surface area contributed by atoms with Crippen molar-refractivity contribution in [1.82, 2.24) is 10.1 Å². The fraction of sp³-hybridized carbons (Fsp3) is 0.385. The monoisotopic (exact) mass is 261 g/mol. The molecule has 6 nitrogen and oxygen atoms in total. The SMILES string of the molecule is CC(C)(N)c1nc(C2COc3ccccc3O2)no1. The van der Waals surface area contributed by atoms with E-state index in [-0.39, 0.29) is 6.10 Å². The van der Waals surface area contributed by atoms with Crippen LogP contribution in [-0.2, 0) is 5.54 Å². The number of ether oxygens (including phenoxy) is 2. The smallest absolute Gasteiger partial charge is 0.246 e. The number of aromatic nitrogens is 2. The van der Waals surface area contributed by atoms with E-state index < -0.39 is 5.54 Å². The average molecular weight is 261 g/mol. The van der Waals surface area contributed by atoms with Crippen LogP contribution < -0.4 is 15.2 Å². The lowest BCUT2D eigenvalue weighted by Gasteiger charge is -2.24. The molecule has 1 aliphatic heterocycles. The molecule has 2 heterocycles. The molecular formula is C13H15N3O3. The van der Waals surface area contributed by atoms with E-state index in [9.17, 15) is 0 Å². The van der Waals surface area contributed by atoms with Crippen molar-refractivity contribution in [3.05, 3.63) is 36.0 Å². The van der Waals surface area contributed by atoms with Gasteiger partial charge in [-0.3, -0.25) is 0 Å². The molecule has 1 aromatic heterocycles. The van der Waals surface area contributed by atoms with E-state index in [1.54, 1.807) is 13.8 Å². The molecule has 1 atom stereocenters. The molecule has 0 amide bonds. The number of hydrogen-bond acceptors (Lipinski definition) is 6. The summed E-state index contributed by atoms with van der Waals surface area (Å²) in [7, 11) is 0. The lowest BCUT2D eigenvalue weighted by Crippen LogP contribution is -2.29. The summed E-state index contributed by atoms with van der Waals surface area (Å²) in [6.07, 6.45) is -0.380. The van der Waals surface area contributed by atoms with E-state index in [1.807, 2.05) is 24.3 Å². The fourth-order valence-electron chi connectivity index (χ4n) is 1.77. The van der Waals surface area contributed by atoms with Gasteiger partial charge in [-0.05, 0) is 26.0 Å². The van der Waals surface area contributed by atoms with E-state index in [0.717, 1.165) is 5.75 Å². The van der Waals surface area contributed by atoms with Crippen molar-refractivity contribution in [3.63, 3.8) is 0 Å². The molecule has 0 saturated carbocycles. The molecule has 0 spiro atoms. The highest BCUT2D eigenvalue weighted by Crippen LogP contribution is 2.35. The molecule has 100 valence electrons. The van der Waals surface area contributed by atoms with Crippen LogP contribution in [0.15, 0.2) is 28.8 Å². The first-order valence-electron chi connectivity index (χ1n) is 6.05. The minimum atomic E-state index is -0.668. The molecule has 1 aliphatic rings. The van der Waals surface area contributed by atoms with Crippen molar-refractivity contribution < 1.29 is 14.0 Å². The van der Waals surface area contributed by atoms with Crippen LogP contribution >= 0.6 is 0 Å². The molecule has 2 N–H and O–H groups in total. The summed E-state index contributed by atoms with van der Waals surface area (Å²) in [6.45, 7) is 3.95. The highest BCUT2D eigenvalue weighted by Gasteiger charge is 2.29. The largest absolute Gasteiger partial charge is 0.485 e. The quantitative estimate of drug-likeness (QED) is 0.887. The highest BCUT2D eigenvalue weighted by atomic mass is 16.6. The van der Waals surface area contributed by atoms with Gasteiger partial charge in [-0.2, -0.15) is 4.98 Å². The zero-order valence-corrected chi connectivity index (χ0v) is 10.8. The van der Waals surface area contributed by atoms with Gasteiger partial charge < -0.3 is 19.7 Å². The van der Waals surface area contributed by atoms with Crippen molar-refractivity contribution in [3.8, 4) is 11.5 Å². The van der Waals surface area contributed by atoms with Crippen LogP contribution in [0.1, 0.15) is 31.7 Å². The number of fused-ring (bicyclic) bond motifs is 1. The molecule has 1 aromatic carbocycles. The molecule has 0 radical (unpaired) electrons. The van der Waals surface area contributed by atoms with Crippen molar-refractivity contribution in [2.24, 2.45) is 5.73 Å². The summed E-state index contributed by atoms with van der Waals surface area (Å²) in [4.78, 5) is 4.27. The molecule has 19 heavy (non-hydrogen) atoms. The maximum Gasteiger partial charge on any atom is 0.246 e. The van der Waals surface area contributed by atoms with Gasteiger partial charge in [0.25, 0.3) is 0 Å². The molecular weight excluding hydrogens is 246 g/mol. The summed E-state index contributed by atoms with van der Waals surface area (Å²) in [5.41, 5.74) is 5.24. The third kappa shape index (κ3) is 2.26. The number of benzene rings is 1. The standard InChI is InChI=1S/C13H15N3O3/c1-13(2,14)12-15-11(16-19-12)10-7-17-8-5-3-4-6-9(8)18-10/h3-6,10H,7,14H2,1-2H3.